The van der Waals surface area contributed by atoms with Gasteiger partial charge in [-0.05, 0) is 25.0 Å². The topological polar surface area (TPSA) is 98.3 Å². The van der Waals surface area contributed by atoms with Gasteiger partial charge in [-0.2, -0.15) is 0 Å². The van der Waals surface area contributed by atoms with Gasteiger partial charge in [-0.25, -0.2) is 8.42 Å². The lowest BCUT2D eigenvalue weighted by Gasteiger charge is -2.17. The summed E-state index contributed by atoms with van der Waals surface area (Å²) in [5, 5.41) is 6.42. The van der Waals surface area contributed by atoms with Crippen molar-refractivity contribution in [3.05, 3.63) is 29.3 Å². The van der Waals surface area contributed by atoms with Crippen molar-refractivity contribution in [2.24, 2.45) is 10.9 Å². The van der Waals surface area contributed by atoms with Crippen molar-refractivity contribution in [2.75, 3.05) is 58.6 Å². The van der Waals surface area contributed by atoms with E-state index in [-0.39, 0.29) is 36.3 Å². The molecule has 1 fully saturated rings. The molecule has 1 unspecified atom stereocenters. The normalized spacial score (nSPS) is 16.8. The highest BCUT2D eigenvalue weighted by molar-refractivity contribution is 14.0. The molecule has 1 aromatic rings. The minimum Gasteiger partial charge on any atom is -0.493 e. The molecular formula is C20H34IN3O5S. The molecule has 30 heavy (non-hydrogen) atoms. The van der Waals surface area contributed by atoms with Crippen LogP contribution in [0.2, 0.25) is 0 Å². The molecular weight excluding hydrogens is 521 g/mol. The molecule has 1 aliphatic rings. The van der Waals surface area contributed by atoms with Crippen molar-refractivity contribution >= 4 is 39.8 Å². The number of hydrogen-bond donors (Lipinski definition) is 2. The summed E-state index contributed by atoms with van der Waals surface area (Å²) >= 11 is 0. The SMILES string of the molecule is CN=C(NCCOCCS(C)(=O)=O)NCc1ccc(C)cc1OCC1CCOC1.I. The molecule has 1 atom stereocenters. The van der Waals surface area contributed by atoms with Crippen LogP contribution in [0, 0.1) is 12.8 Å². The van der Waals surface area contributed by atoms with Gasteiger partial charge in [0.15, 0.2) is 5.96 Å². The van der Waals surface area contributed by atoms with Crippen molar-refractivity contribution in [1.29, 1.82) is 0 Å². The Bertz CT molecular complexity index is 768. The largest absolute Gasteiger partial charge is 0.493 e. The highest BCUT2D eigenvalue weighted by Gasteiger charge is 2.17. The van der Waals surface area contributed by atoms with Crippen LogP contribution in [0.25, 0.3) is 0 Å². The second-order valence-corrected chi connectivity index (χ2v) is 9.51. The van der Waals surface area contributed by atoms with E-state index < -0.39 is 9.84 Å². The van der Waals surface area contributed by atoms with Gasteiger partial charge >= 0.3 is 0 Å². The summed E-state index contributed by atoms with van der Waals surface area (Å²) in [6.07, 6.45) is 2.24. The van der Waals surface area contributed by atoms with Crippen LogP contribution < -0.4 is 15.4 Å². The zero-order valence-electron chi connectivity index (χ0n) is 18.0. The Kier molecular flexibility index (Phi) is 12.6. The second-order valence-electron chi connectivity index (χ2n) is 7.25. The zero-order valence-corrected chi connectivity index (χ0v) is 21.1. The predicted octanol–water partition coefficient (Wildman–Crippen LogP) is 1.75. The number of aryl methyl sites for hydroxylation is 1. The van der Waals surface area contributed by atoms with E-state index in [4.69, 9.17) is 14.2 Å². The molecule has 0 amide bonds. The first kappa shape index (κ1) is 26.9. The summed E-state index contributed by atoms with van der Waals surface area (Å²) in [6.45, 7) is 5.99. The van der Waals surface area contributed by atoms with Crippen molar-refractivity contribution < 1.29 is 22.6 Å². The van der Waals surface area contributed by atoms with Crippen molar-refractivity contribution in [1.82, 2.24) is 10.6 Å². The van der Waals surface area contributed by atoms with Crippen molar-refractivity contribution in [3.8, 4) is 5.75 Å². The molecule has 1 saturated heterocycles. The Balaban J connectivity index is 0.00000450. The van der Waals surface area contributed by atoms with E-state index >= 15 is 0 Å². The molecule has 0 spiro atoms. The van der Waals surface area contributed by atoms with Crippen LogP contribution in [-0.4, -0.2) is 73.0 Å². The number of rotatable bonds is 11. The minimum atomic E-state index is -2.99. The van der Waals surface area contributed by atoms with E-state index in [0.29, 0.717) is 38.2 Å². The second kappa shape index (κ2) is 14.0. The van der Waals surface area contributed by atoms with Gasteiger partial charge in [-0.3, -0.25) is 4.99 Å². The summed E-state index contributed by atoms with van der Waals surface area (Å²) in [5.74, 6) is 2.01. The Labute approximate surface area is 197 Å². The molecule has 0 aromatic heterocycles. The summed E-state index contributed by atoms with van der Waals surface area (Å²) in [5.41, 5.74) is 2.21. The Hall–Kier alpha value is -1.11. The number of aliphatic imine (C=N–C) groups is 1. The maximum absolute atomic E-state index is 11.1. The van der Waals surface area contributed by atoms with E-state index in [9.17, 15) is 8.42 Å². The maximum Gasteiger partial charge on any atom is 0.191 e. The summed E-state index contributed by atoms with van der Waals surface area (Å²) < 4.78 is 38.9. The molecule has 2 N–H and O–H groups in total. The molecule has 1 heterocycles. The summed E-state index contributed by atoms with van der Waals surface area (Å²) in [6, 6.07) is 6.18. The van der Waals surface area contributed by atoms with Gasteiger partial charge < -0.3 is 24.8 Å². The smallest absolute Gasteiger partial charge is 0.191 e. The van der Waals surface area contributed by atoms with Gasteiger partial charge in [0.25, 0.3) is 0 Å². The van der Waals surface area contributed by atoms with Crippen LogP contribution in [0.1, 0.15) is 17.5 Å². The number of sulfone groups is 1. The van der Waals surface area contributed by atoms with Crippen LogP contribution in [0.15, 0.2) is 23.2 Å². The van der Waals surface area contributed by atoms with Gasteiger partial charge in [-0.15, -0.1) is 24.0 Å². The van der Waals surface area contributed by atoms with Gasteiger partial charge in [0.2, 0.25) is 0 Å². The van der Waals surface area contributed by atoms with E-state index in [1.807, 2.05) is 6.92 Å². The molecule has 172 valence electrons. The molecule has 0 radical (unpaired) electrons. The van der Waals surface area contributed by atoms with Crippen LogP contribution in [0.4, 0.5) is 0 Å². The summed E-state index contributed by atoms with van der Waals surface area (Å²) in [7, 11) is -1.29. The molecule has 1 aromatic carbocycles. The first-order chi connectivity index (χ1) is 13.9. The average molecular weight is 555 g/mol. The Morgan fingerprint density at radius 1 is 1.30 bits per heavy atom. The molecule has 0 saturated carbocycles. The lowest BCUT2D eigenvalue weighted by atomic mass is 10.1. The maximum atomic E-state index is 11.1. The van der Waals surface area contributed by atoms with Crippen LogP contribution in [0.5, 0.6) is 5.75 Å². The highest BCUT2D eigenvalue weighted by atomic mass is 127. The van der Waals surface area contributed by atoms with Gasteiger partial charge in [-0.1, -0.05) is 12.1 Å². The Morgan fingerprint density at radius 2 is 2.10 bits per heavy atom. The summed E-state index contributed by atoms with van der Waals surface area (Å²) in [4.78, 5) is 4.20. The Morgan fingerprint density at radius 3 is 2.77 bits per heavy atom. The predicted molar refractivity (Wildman–Crippen MR) is 130 cm³/mol. The van der Waals surface area contributed by atoms with Gasteiger partial charge in [0.1, 0.15) is 15.6 Å². The van der Waals surface area contributed by atoms with Gasteiger partial charge in [0, 0.05) is 44.5 Å². The van der Waals surface area contributed by atoms with E-state index in [1.165, 1.54) is 6.26 Å². The third kappa shape index (κ3) is 10.8. The van der Waals surface area contributed by atoms with E-state index in [2.05, 4.69) is 33.8 Å². The van der Waals surface area contributed by atoms with Crippen LogP contribution in [-0.2, 0) is 25.9 Å². The lowest BCUT2D eigenvalue weighted by Crippen LogP contribution is -2.38. The number of nitrogens with one attached hydrogen (secondary N) is 2. The lowest BCUT2D eigenvalue weighted by molar-refractivity contribution is 0.154. The first-order valence-electron chi connectivity index (χ1n) is 9.87. The average Bonchev–Trinajstić information content (AvgIpc) is 3.19. The van der Waals surface area contributed by atoms with Crippen molar-refractivity contribution in [2.45, 2.75) is 19.9 Å². The molecule has 8 nitrogen and oxygen atoms in total. The first-order valence-corrected chi connectivity index (χ1v) is 11.9. The number of halogens is 1. The number of benzene rings is 1. The molecule has 0 aliphatic carbocycles. The zero-order chi connectivity index (χ0) is 21.1. The van der Waals surface area contributed by atoms with Crippen molar-refractivity contribution in [3.63, 3.8) is 0 Å². The number of guanidine groups is 1. The monoisotopic (exact) mass is 555 g/mol. The van der Waals surface area contributed by atoms with E-state index in [0.717, 1.165) is 36.5 Å². The molecule has 1 aliphatic heterocycles. The van der Waals surface area contributed by atoms with Crippen LogP contribution >= 0.6 is 24.0 Å². The molecule has 2 rings (SSSR count). The molecule has 10 heteroatoms. The number of ether oxygens (including phenoxy) is 3. The number of hydrogen-bond acceptors (Lipinski definition) is 6. The fourth-order valence-electron chi connectivity index (χ4n) is 2.82. The van der Waals surface area contributed by atoms with E-state index in [1.54, 1.807) is 7.05 Å². The quantitative estimate of drug-likeness (QED) is 0.186. The third-order valence-corrected chi connectivity index (χ3v) is 5.44. The highest BCUT2D eigenvalue weighted by Crippen LogP contribution is 2.22. The van der Waals surface area contributed by atoms with Gasteiger partial charge in [0.05, 0.1) is 32.2 Å². The standard InChI is InChI=1S/C20H33N3O5S.HI/c1-16-4-5-18(19(12-16)28-15-17-6-8-27-14-17)13-23-20(21-2)22-7-9-26-10-11-29(3,24)25;/h4-5,12,17H,6-11,13-15H2,1-3H3,(H2,21,22,23);1H. The fraction of sp³-hybridized carbons (Fsp3) is 0.650. The van der Waals surface area contributed by atoms with Crippen LogP contribution in [0.3, 0.4) is 0 Å². The number of nitrogens with zero attached hydrogens (tertiary/aromatic N) is 1. The molecule has 0 bridgehead atoms. The minimum absolute atomic E-state index is 0. The third-order valence-electron chi connectivity index (χ3n) is 4.53. The fourth-order valence-corrected chi connectivity index (χ4v) is 3.24.